The van der Waals surface area contributed by atoms with Crippen LogP contribution >= 0.6 is 0 Å². The van der Waals surface area contributed by atoms with E-state index in [1.807, 2.05) is 60.7 Å². The van der Waals surface area contributed by atoms with Crippen LogP contribution in [0.2, 0.25) is 0 Å². The largest absolute Gasteiger partial charge is 0.496 e. The van der Waals surface area contributed by atoms with Crippen LogP contribution in [0.3, 0.4) is 0 Å². The van der Waals surface area contributed by atoms with Gasteiger partial charge in [-0.05, 0) is 33.4 Å². The average molecular weight is 579 g/mol. The van der Waals surface area contributed by atoms with Crippen molar-refractivity contribution in [1.82, 2.24) is 19.6 Å². The number of ether oxygens (including phenoxy) is 2. The third-order valence-corrected chi connectivity index (χ3v) is 8.14. The van der Waals surface area contributed by atoms with Crippen LogP contribution in [0.15, 0.2) is 78.9 Å². The van der Waals surface area contributed by atoms with Gasteiger partial charge < -0.3 is 14.6 Å². The molecule has 0 radical (unpaired) electrons. The van der Waals surface area contributed by atoms with Gasteiger partial charge >= 0.3 is 0 Å². The van der Waals surface area contributed by atoms with E-state index in [2.05, 4.69) is 23.1 Å². The maximum atomic E-state index is 14.2. The number of methoxy groups -OCH3 is 1. The van der Waals surface area contributed by atoms with E-state index in [-0.39, 0.29) is 25.8 Å². The molecule has 0 aliphatic carbocycles. The second kappa shape index (κ2) is 12.6. The Kier molecular flexibility index (Phi) is 8.35. The van der Waals surface area contributed by atoms with Crippen molar-refractivity contribution in [2.45, 2.75) is 32.6 Å². The van der Waals surface area contributed by atoms with E-state index in [9.17, 15) is 14.7 Å². The molecule has 0 saturated heterocycles. The highest BCUT2D eigenvalue weighted by Crippen LogP contribution is 2.31. The van der Waals surface area contributed by atoms with Crippen LogP contribution in [0, 0.1) is 0 Å². The first-order valence-corrected chi connectivity index (χ1v) is 14.4. The van der Waals surface area contributed by atoms with Crippen LogP contribution < -0.4 is 4.74 Å². The molecule has 220 valence electrons. The van der Waals surface area contributed by atoms with Gasteiger partial charge in [0.1, 0.15) is 5.75 Å². The maximum absolute atomic E-state index is 14.2. The van der Waals surface area contributed by atoms with Crippen molar-refractivity contribution < 1.29 is 24.2 Å². The summed E-state index contributed by atoms with van der Waals surface area (Å²) in [7, 11) is 1.68. The van der Waals surface area contributed by atoms with Gasteiger partial charge in [0.25, 0.3) is 12.4 Å². The Morgan fingerprint density at radius 3 is 2.53 bits per heavy atom. The van der Waals surface area contributed by atoms with Gasteiger partial charge in [-0.3, -0.25) is 24.1 Å². The lowest BCUT2D eigenvalue weighted by atomic mass is 10.0. The number of nitrogens with zero attached hydrogens (tertiary/aromatic N) is 4. The van der Waals surface area contributed by atoms with Crippen molar-refractivity contribution in [1.29, 1.82) is 0 Å². The van der Waals surface area contributed by atoms with Crippen molar-refractivity contribution >= 4 is 33.9 Å². The molecule has 0 saturated carbocycles. The van der Waals surface area contributed by atoms with Gasteiger partial charge in [-0.15, -0.1) is 0 Å². The van der Waals surface area contributed by atoms with Crippen LogP contribution in [0.5, 0.6) is 5.75 Å². The molecule has 0 bridgehead atoms. The highest BCUT2D eigenvalue weighted by Gasteiger charge is 2.31. The first kappa shape index (κ1) is 28.4. The third-order valence-electron chi connectivity index (χ3n) is 8.14. The first-order chi connectivity index (χ1) is 21.1. The van der Waals surface area contributed by atoms with E-state index in [4.69, 9.17) is 14.6 Å². The summed E-state index contributed by atoms with van der Waals surface area (Å²) in [5.74, 6) is 0.516. The molecule has 4 aromatic carbocycles. The van der Waals surface area contributed by atoms with Gasteiger partial charge in [0.05, 0.1) is 20.3 Å². The van der Waals surface area contributed by atoms with Crippen LogP contribution in [0.4, 0.5) is 0 Å². The molecule has 0 unspecified atom stereocenters. The van der Waals surface area contributed by atoms with Gasteiger partial charge in [-0.2, -0.15) is 5.10 Å². The fraction of sp³-hybridized carbons (Fsp3) is 0.265. The summed E-state index contributed by atoms with van der Waals surface area (Å²) >= 11 is 0. The van der Waals surface area contributed by atoms with Crippen molar-refractivity contribution in [3.05, 3.63) is 107 Å². The zero-order chi connectivity index (χ0) is 29.8. The lowest BCUT2D eigenvalue weighted by Gasteiger charge is -2.29. The normalized spacial score (nSPS) is 13.2. The lowest BCUT2D eigenvalue weighted by Crippen LogP contribution is -2.35. The molecular formula is C34H34N4O5. The number of aliphatic hydroxyl groups is 1. The van der Waals surface area contributed by atoms with Gasteiger partial charge in [-0.25, -0.2) is 0 Å². The number of hydrogen-bond donors (Lipinski definition) is 1. The third kappa shape index (κ3) is 5.69. The molecule has 0 fully saturated rings. The predicted octanol–water partition coefficient (Wildman–Crippen LogP) is 4.52. The first-order valence-electron chi connectivity index (χ1n) is 14.4. The van der Waals surface area contributed by atoms with Crippen LogP contribution in [-0.2, 0) is 42.1 Å². The maximum Gasteiger partial charge on any atom is 0.294 e. The smallest absolute Gasteiger partial charge is 0.294 e. The molecule has 5 aromatic rings. The quantitative estimate of drug-likeness (QED) is 0.182. The number of aromatic nitrogens is 2. The molecule has 9 nitrogen and oxygen atoms in total. The number of carbonyl (C=O) groups is 2. The fourth-order valence-corrected chi connectivity index (χ4v) is 6.11. The van der Waals surface area contributed by atoms with E-state index in [0.717, 1.165) is 50.7 Å². The van der Waals surface area contributed by atoms with E-state index in [1.165, 1.54) is 10.5 Å². The number of fused-ring (bicyclic) bond motifs is 3. The van der Waals surface area contributed by atoms with Gasteiger partial charge in [0.2, 0.25) is 0 Å². The summed E-state index contributed by atoms with van der Waals surface area (Å²) in [6, 6.07) is 26.3. The Morgan fingerprint density at radius 1 is 0.977 bits per heavy atom. The summed E-state index contributed by atoms with van der Waals surface area (Å²) in [6.07, 6.45) is 0.692. The minimum absolute atomic E-state index is 0.0860. The van der Waals surface area contributed by atoms with Crippen LogP contribution in [0.1, 0.15) is 32.9 Å². The summed E-state index contributed by atoms with van der Waals surface area (Å²) in [6.45, 7) is 2.61. The molecule has 1 aliphatic rings. The van der Waals surface area contributed by atoms with Crippen LogP contribution in [0.25, 0.3) is 21.5 Å². The molecule has 2 heterocycles. The average Bonchev–Trinajstić information content (AvgIpc) is 3.40. The number of rotatable bonds is 11. The molecule has 1 aliphatic heterocycles. The molecule has 43 heavy (non-hydrogen) atoms. The Balaban J connectivity index is 1.32. The van der Waals surface area contributed by atoms with Gasteiger partial charge in [0, 0.05) is 49.2 Å². The summed E-state index contributed by atoms with van der Waals surface area (Å²) < 4.78 is 12.4. The molecular weight excluding hydrogens is 544 g/mol. The standard InChI is InChI=1S/C34H34N4O5/c1-42-32-14-13-26(28-11-4-5-12-29(28)32)19-36-16-15-31-30(21-36)33(35-38(31)17-18-39)34(41)37(22-43-23-40)20-25-9-6-8-24-7-2-3-10-27(24)25/h2-14,23,39H,15-22H2,1H3. The van der Waals surface area contributed by atoms with Crippen molar-refractivity contribution in [3.8, 4) is 5.75 Å². The van der Waals surface area contributed by atoms with Crippen LogP contribution in [-0.4, -0.2) is 64.1 Å². The predicted molar refractivity (Wildman–Crippen MR) is 163 cm³/mol. The van der Waals surface area contributed by atoms with Gasteiger partial charge in [-0.1, -0.05) is 72.8 Å². The van der Waals surface area contributed by atoms with E-state index in [0.29, 0.717) is 38.2 Å². The minimum atomic E-state index is -0.320. The minimum Gasteiger partial charge on any atom is -0.496 e. The number of benzene rings is 4. The van der Waals surface area contributed by atoms with E-state index < -0.39 is 0 Å². The van der Waals surface area contributed by atoms with Crippen molar-refractivity contribution in [3.63, 3.8) is 0 Å². The molecule has 6 rings (SSSR count). The second-order valence-corrected chi connectivity index (χ2v) is 10.7. The van der Waals surface area contributed by atoms with Crippen molar-refractivity contribution in [2.75, 3.05) is 27.0 Å². The molecule has 1 N–H and O–H groups in total. The Bertz CT molecular complexity index is 1780. The molecule has 0 atom stereocenters. The Hall–Kier alpha value is -4.73. The second-order valence-electron chi connectivity index (χ2n) is 10.7. The molecule has 1 aromatic heterocycles. The molecule has 9 heteroatoms. The monoisotopic (exact) mass is 578 g/mol. The van der Waals surface area contributed by atoms with Crippen molar-refractivity contribution in [2.24, 2.45) is 0 Å². The summed E-state index contributed by atoms with van der Waals surface area (Å²) in [5.41, 5.74) is 4.23. The molecule has 0 spiro atoms. The number of aliphatic hydroxyl groups excluding tert-OH is 1. The lowest BCUT2D eigenvalue weighted by molar-refractivity contribution is -0.132. The Labute approximate surface area is 249 Å². The number of carbonyl (C=O) groups excluding carboxylic acids is 2. The summed E-state index contributed by atoms with van der Waals surface area (Å²) in [5, 5.41) is 18.7. The zero-order valence-electron chi connectivity index (χ0n) is 24.1. The Morgan fingerprint density at radius 2 is 1.74 bits per heavy atom. The van der Waals surface area contributed by atoms with E-state index in [1.54, 1.807) is 11.8 Å². The topological polar surface area (TPSA) is 97.1 Å². The highest BCUT2D eigenvalue weighted by atomic mass is 16.5. The van der Waals surface area contributed by atoms with E-state index >= 15 is 0 Å². The highest BCUT2D eigenvalue weighted by molar-refractivity contribution is 5.95. The van der Waals surface area contributed by atoms with Gasteiger partial charge in [0.15, 0.2) is 12.4 Å². The summed E-state index contributed by atoms with van der Waals surface area (Å²) in [4.78, 5) is 29.2. The number of hydrogen-bond acceptors (Lipinski definition) is 7. The fourth-order valence-electron chi connectivity index (χ4n) is 6.11. The molecule has 1 amide bonds. The SMILES string of the molecule is COc1ccc(CN2CCc3c(c(C(=O)N(COC=O)Cc4cccc5ccccc45)nn3CCO)C2)c2ccccc12. The number of amides is 1. The zero-order valence-corrected chi connectivity index (χ0v) is 24.1.